The first-order valence-corrected chi connectivity index (χ1v) is 10.2. The van der Waals surface area contributed by atoms with Gasteiger partial charge < -0.3 is 4.74 Å². The monoisotopic (exact) mass is 512 g/mol. The molecule has 0 bridgehead atoms. The van der Waals surface area contributed by atoms with E-state index in [1.807, 2.05) is 0 Å². The molecule has 0 heterocycles. The Bertz CT molecular complexity index is 1440. The fraction of sp³-hybridized carbons (Fsp3) is 0.0769. The molecule has 0 radical (unpaired) electrons. The first-order chi connectivity index (χ1) is 16.9. The van der Waals surface area contributed by atoms with Crippen LogP contribution in [0.25, 0.3) is 22.3 Å². The number of benzene rings is 4. The van der Waals surface area contributed by atoms with Crippen LogP contribution in [0.2, 0.25) is 0 Å². The maximum Gasteiger partial charge on any atom is 0.432 e. The highest BCUT2D eigenvalue weighted by atomic mass is 19.3. The van der Waals surface area contributed by atoms with Crippen molar-refractivity contribution in [1.29, 1.82) is 0 Å². The minimum atomic E-state index is -4.93. The highest BCUT2D eigenvalue weighted by Gasteiger charge is 2.43. The van der Waals surface area contributed by atoms with E-state index in [0.717, 1.165) is 0 Å². The highest BCUT2D eigenvalue weighted by Crippen LogP contribution is 2.39. The van der Waals surface area contributed by atoms with Gasteiger partial charge in [0.05, 0.1) is 0 Å². The number of ether oxygens (including phenoxy) is 1. The molecular formula is C26H13F9O. The number of rotatable bonds is 5. The second kappa shape index (κ2) is 9.25. The lowest BCUT2D eigenvalue weighted by molar-refractivity contribution is -0.190. The molecule has 0 saturated heterocycles. The van der Waals surface area contributed by atoms with E-state index in [0.29, 0.717) is 11.1 Å². The van der Waals surface area contributed by atoms with Gasteiger partial charge >= 0.3 is 6.11 Å². The molecule has 0 unspecified atom stereocenters. The van der Waals surface area contributed by atoms with Gasteiger partial charge in [0, 0.05) is 23.3 Å². The summed E-state index contributed by atoms with van der Waals surface area (Å²) >= 11 is 0. The molecule has 0 aliphatic carbocycles. The van der Waals surface area contributed by atoms with Crippen LogP contribution in [0.4, 0.5) is 39.5 Å². The Morgan fingerprint density at radius 3 is 1.67 bits per heavy atom. The van der Waals surface area contributed by atoms with E-state index >= 15 is 0 Å². The van der Waals surface area contributed by atoms with Crippen LogP contribution in [0.5, 0.6) is 5.75 Å². The molecule has 10 heteroatoms. The van der Waals surface area contributed by atoms with E-state index in [1.54, 1.807) is 13.0 Å². The van der Waals surface area contributed by atoms with Crippen LogP contribution in [0.1, 0.15) is 11.1 Å². The fourth-order valence-corrected chi connectivity index (χ4v) is 3.55. The first-order valence-electron chi connectivity index (χ1n) is 10.2. The second-order valence-corrected chi connectivity index (χ2v) is 7.79. The third kappa shape index (κ3) is 4.62. The predicted octanol–water partition coefficient (Wildman–Crippen LogP) is 8.43. The van der Waals surface area contributed by atoms with Crippen molar-refractivity contribution in [2.45, 2.75) is 13.0 Å². The summed E-state index contributed by atoms with van der Waals surface area (Å²) in [5.41, 5.74) is -1.73. The van der Waals surface area contributed by atoms with E-state index in [9.17, 15) is 39.5 Å². The molecule has 0 atom stereocenters. The van der Waals surface area contributed by atoms with Crippen molar-refractivity contribution in [3.8, 4) is 28.0 Å². The smallest absolute Gasteiger partial charge is 0.429 e. The van der Waals surface area contributed by atoms with Gasteiger partial charge in [0.1, 0.15) is 22.9 Å². The Balaban J connectivity index is 1.70. The van der Waals surface area contributed by atoms with Crippen LogP contribution >= 0.6 is 0 Å². The Hall–Kier alpha value is -3.95. The molecule has 0 aromatic heterocycles. The average Bonchev–Trinajstić information content (AvgIpc) is 2.79. The Morgan fingerprint density at radius 1 is 0.556 bits per heavy atom. The summed E-state index contributed by atoms with van der Waals surface area (Å²) in [4.78, 5) is 0. The van der Waals surface area contributed by atoms with Gasteiger partial charge in [-0.25, -0.2) is 30.7 Å². The summed E-state index contributed by atoms with van der Waals surface area (Å²) in [6.45, 7) is 1.69. The van der Waals surface area contributed by atoms with Gasteiger partial charge in [-0.15, -0.1) is 0 Å². The molecule has 0 N–H and O–H groups in total. The maximum atomic E-state index is 14.8. The lowest BCUT2D eigenvalue weighted by Gasteiger charge is -2.20. The molecule has 186 valence electrons. The van der Waals surface area contributed by atoms with Crippen LogP contribution in [-0.2, 0) is 6.11 Å². The molecule has 0 fully saturated rings. The van der Waals surface area contributed by atoms with Crippen molar-refractivity contribution in [1.82, 2.24) is 0 Å². The van der Waals surface area contributed by atoms with Gasteiger partial charge in [0.25, 0.3) is 0 Å². The second-order valence-electron chi connectivity index (χ2n) is 7.79. The van der Waals surface area contributed by atoms with Crippen molar-refractivity contribution in [2.24, 2.45) is 0 Å². The topological polar surface area (TPSA) is 9.23 Å². The summed E-state index contributed by atoms with van der Waals surface area (Å²) in [7, 11) is 0. The van der Waals surface area contributed by atoms with Crippen LogP contribution < -0.4 is 4.74 Å². The minimum absolute atomic E-state index is 0.0330. The molecule has 1 nitrogen and oxygen atoms in total. The summed E-state index contributed by atoms with van der Waals surface area (Å²) in [5.74, 6) is -13.7. The number of hydrogen-bond acceptors (Lipinski definition) is 1. The van der Waals surface area contributed by atoms with E-state index in [1.165, 1.54) is 36.4 Å². The zero-order chi connectivity index (χ0) is 26.4. The van der Waals surface area contributed by atoms with E-state index in [2.05, 4.69) is 4.74 Å². The summed E-state index contributed by atoms with van der Waals surface area (Å²) < 4.78 is 131. The Kier molecular flexibility index (Phi) is 6.46. The lowest BCUT2D eigenvalue weighted by atomic mass is 9.97. The number of hydrogen-bond donors (Lipinski definition) is 0. The van der Waals surface area contributed by atoms with Crippen molar-refractivity contribution >= 4 is 0 Å². The lowest BCUT2D eigenvalue weighted by Crippen LogP contribution is -2.26. The van der Waals surface area contributed by atoms with Gasteiger partial charge in [-0.3, -0.25) is 0 Å². The molecule has 4 aromatic carbocycles. The summed E-state index contributed by atoms with van der Waals surface area (Å²) in [6.07, 6.45) is -4.93. The zero-order valence-corrected chi connectivity index (χ0v) is 18.1. The van der Waals surface area contributed by atoms with Gasteiger partial charge in [-0.05, 0) is 35.7 Å². The number of halogens is 9. The Labute approximate surface area is 198 Å². The standard InChI is InChI=1S/C26H13F9O/c1-12-2-7-16(18(27)8-12)13-3-5-14(6-4-13)17-11-19(28)22(25(33)23(17)31)26(34,35)36-15-9-20(29)24(32)21(30)10-15/h2-11H,1H3. The molecule has 36 heavy (non-hydrogen) atoms. The van der Waals surface area contributed by atoms with Crippen LogP contribution in [0, 0.1) is 47.6 Å². The van der Waals surface area contributed by atoms with E-state index in [4.69, 9.17) is 0 Å². The van der Waals surface area contributed by atoms with Gasteiger partial charge in [0.15, 0.2) is 29.1 Å². The predicted molar refractivity (Wildman–Crippen MR) is 113 cm³/mol. The molecule has 0 aliphatic heterocycles. The van der Waals surface area contributed by atoms with Crippen LogP contribution in [0.15, 0.2) is 60.7 Å². The largest absolute Gasteiger partial charge is 0.432 e. The summed E-state index contributed by atoms with van der Waals surface area (Å²) in [6, 6.07) is 9.94. The molecule has 0 saturated carbocycles. The molecule has 4 aromatic rings. The zero-order valence-electron chi connectivity index (χ0n) is 18.1. The van der Waals surface area contributed by atoms with Crippen molar-refractivity contribution in [3.05, 3.63) is 113 Å². The summed E-state index contributed by atoms with van der Waals surface area (Å²) in [5, 5.41) is 0. The first kappa shape index (κ1) is 25.2. The molecule has 0 amide bonds. The van der Waals surface area contributed by atoms with E-state index < -0.39 is 63.7 Å². The number of alkyl halides is 2. The number of aryl methyl sites for hydroxylation is 1. The third-order valence-electron chi connectivity index (χ3n) is 5.28. The quantitative estimate of drug-likeness (QED) is 0.148. The van der Waals surface area contributed by atoms with Crippen LogP contribution in [0.3, 0.4) is 0 Å². The SMILES string of the molecule is Cc1ccc(-c2ccc(-c3cc(F)c(C(F)(F)Oc4cc(F)c(F)c(F)c4)c(F)c3F)cc2)c(F)c1. The van der Waals surface area contributed by atoms with Gasteiger partial charge in [-0.2, -0.15) is 8.78 Å². The van der Waals surface area contributed by atoms with Crippen molar-refractivity contribution in [2.75, 3.05) is 0 Å². The van der Waals surface area contributed by atoms with Crippen LogP contribution in [-0.4, -0.2) is 0 Å². The van der Waals surface area contributed by atoms with Gasteiger partial charge in [0.2, 0.25) is 0 Å². The van der Waals surface area contributed by atoms with Gasteiger partial charge in [-0.1, -0.05) is 36.4 Å². The average molecular weight is 512 g/mol. The third-order valence-corrected chi connectivity index (χ3v) is 5.28. The fourth-order valence-electron chi connectivity index (χ4n) is 3.55. The molecular weight excluding hydrogens is 499 g/mol. The normalized spacial score (nSPS) is 11.6. The minimum Gasteiger partial charge on any atom is -0.429 e. The Morgan fingerprint density at radius 2 is 1.11 bits per heavy atom. The highest BCUT2D eigenvalue weighted by molar-refractivity contribution is 5.71. The maximum absolute atomic E-state index is 14.8. The molecule has 4 rings (SSSR count). The molecule has 0 aliphatic rings. The van der Waals surface area contributed by atoms with Crippen molar-refractivity contribution < 1.29 is 44.3 Å². The van der Waals surface area contributed by atoms with Crippen molar-refractivity contribution in [3.63, 3.8) is 0 Å². The van der Waals surface area contributed by atoms with E-state index in [-0.39, 0.29) is 29.3 Å². The molecule has 0 spiro atoms.